The molecule has 0 bridgehead atoms. The summed E-state index contributed by atoms with van der Waals surface area (Å²) >= 11 is 0. The normalized spacial score (nSPS) is 9.96. The summed E-state index contributed by atoms with van der Waals surface area (Å²) in [6.45, 7) is 3.87. The van der Waals surface area contributed by atoms with Gasteiger partial charge < -0.3 is 14.2 Å². The largest absolute Gasteiger partial charge is 0.490 e. The quantitative estimate of drug-likeness (QED) is 0.417. The highest BCUT2D eigenvalue weighted by Gasteiger charge is 2.04. The van der Waals surface area contributed by atoms with Crippen molar-refractivity contribution in [1.82, 2.24) is 0 Å². The number of para-hydroxylation sites is 1. The molecule has 2 aromatic carbocycles. The van der Waals surface area contributed by atoms with Crippen LogP contribution in [0.5, 0.6) is 17.2 Å². The lowest BCUT2D eigenvalue weighted by molar-refractivity contribution is -0.143. The molecule has 0 spiro atoms. The molecule has 2 rings (SSSR count). The molecule has 23 heavy (non-hydrogen) atoms. The summed E-state index contributed by atoms with van der Waals surface area (Å²) in [7, 11) is 0. The number of carbonyl (C=O) groups is 1. The van der Waals surface area contributed by atoms with Crippen molar-refractivity contribution in [2.45, 2.75) is 6.42 Å². The second kappa shape index (κ2) is 8.58. The van der Waals surface area contributed by atoms with Crippen molar-refractivity contribution < 1.29 is 23.4 Å². The van der Waals surface area contributed by atoms with E-state index in [1.165, 1.54) is 12.1 Å². The molecule has 0 heterocycles. The van der Waals surface area contributed by atoms with Crippen LogP contribution in [0.2, 0.25) is 0 Å². The fourth-order valence-electron chi connectivity index (χ4n) is 1.75. The Hall–Kier alpha value is -2.82. The van der Waals surface area contributed by atoms with Crippen molar-refractivity contribution in [1.29, 1.82) is 0 Å². The molecule has 0 radical (unpaired) electrons. The van der Waals surface area contributed by atoms with Crippen LogP contribution in [-0.2, 0) is 9.53 Å². The molecule has 0 aromatic heterocycles. The summed E-state index contributed by atoms with van der Waals surface area (Å²) in [5.74, 6) is 0.507. The van der Waals surface area contributed by atoms with Gasteiger partial charge in [0.2, 0.25) is 0 Å². The monoisotopic (exact) mass is 316 g/mol. The van der Waals surface area contributed by atoms with Gasteiger partial charge in [-0.15, -0.1) is 6.58 Å². The first-order valence-corrected chi connectivity index (χ1v) is 7.11. The van der Waals surface area contributed by atoms with E-state index in [-0.39, 0.29) is 31.4 Å². The lowest BCUT2D eigenvalue weighted by Crippen LogP contribution is -2.11. The highest BCUT2D eigenvalue weighted by molar-refractivity contribution is 5.70. The average molecular weight is 316 g/mol. The van der Waals surface area contributed by atoms with Crippen LogP contribution in [0.15, 0.2) is 61.2 Å². The van der Waals surface area contributed by atoms with Crippen LogP contribution in [0.25, 0.3) is 0 Å². The summed E-state index contributed by atoms with van der Waals surface area (Å²) in [6, 6.07) is 12.9. The van der Waals surface area contributed by atoms with E-state index in [1.54, 1.807) is 42.5 Å². The van der Waals surface area contributed by atoms with Gasteiger partial charge in [0.1, 0.15) is 24.7 Å². The maximum atomic E-state index is 13.5. The fourth-order valence-corrected chi connectivity index (χ4v) is 1.75. The summed E-state index contributed by atoms with van der Waals surface area (Å²) in [5.41, 5.74) is 0. The molecule has 0 aliphatic carbocycles. The van der Waals surface area contributed by atoms with Crippen LogP contribution in [-0.4, -0.2) is 19.2 Å². The number of hydrogen-bond acceptors (Lipinski definition) is 4. The van der Waals surface area contributed by atoms with Gasteiger partial charge in [-0.3, -0.25) is 4.79 Å². The van der Waals surface area contributed by atoms with Crippen molar-refractivity contribution in [3.05, 3.63) is 67.0 Å². The molecular weight excluding hydrogens is 299 g/mol. The van der Waals surface area contributed by atoms with Gasteiger partial charge in [-0.05, 0) is 36.4 Å². The van der Waals surface area contributed by atoms with Crippen LogP contribution < -0.4 is 9.47 Å². The number of halogens is 1. The molecule has 0 unspecified atom stereocenters. The number of ether oxygens (including phenoxy) is 3. The number of hydrogen-bond donors (Lipinski definition) is 0. The van der Waals surface area contributed by atoms with E-state index < -0.39 is 5.82 Å². The zero-order chi connectivity index (χ0) is 16.5. The third kappa shape index (κ3) is 5.47. The van der Waals surface area contributed by atoms with E-state index in [1.807, 2.05) is 0 Å². The van der Waals surface area contributed by atoms with Crippen molar-refractivity contribution in [2.75, 3.05) is 13.2 Å². The molecule has 4 nitrogen and oxygen atoms in total. The van der Waals surface area contributed by atoms with Gasteiger partial charge in [-0.25, -0.2) is 4.39 Å². The van der Waals surface area contributed by atoms with Gasteiger partial charge in [0.25, 0.3) is 0 Å². The molecule has 0 atom stereocenters. The van der Waals surface area contributed by atoms with E-state index in [4.69, 9.17) is 14.2 Å². The molecule has 0 aliphatic rings. The predicted molar refractivity (Wildman–Crippen MR) is 84.2 cm³/mol. The average Bonchev–Trinajstić information content (AvgIpc) is 2.55. The molecule has 0 aliphatic heterocycles. The number of esters is 1. The summed E-state index contributed by atoms with van der Waals surface area (Å²) in [6.07, 6.45) is 1.67. The van der Waals surface area contributed by atoms with E-state index in [0.29, 0.717) is 11.5 Å². The Bertz CT molecular complexity index is 652. The van der Waals surface area contributed by atoms with Crippen molar-refractivity contribution in [3.63, 3.8) is 0 Å². The molecule has 0 amide bonds. The maximum absolute atomic E-state index is 13.5. The Morgan fingerprint density at radius 3 is 2.43 bits per heavy atom. The lowest BCUT2D eigenvalue weighted by atomic mass is 10.3. The molecule has 120 valence electrons. The first-order chi connectivity index (χ1) is 11.2. The van der Waals surface area contributed by atoms with E-state index in [9.17, 15) is 9.18 Å². The van der Waals surface area contributed by atoms with Gasteiger partial charge in [0, 0.05) is 0 Å². The van der Waals surface area contributed by atoms with Crippen LogP contribution in [0.1, 0.15) is 6.42 Å². The number of benzene rings is 2. The Labute approximate surface area is 134 Å². The van der Waals surface area contributed by atoms with Gasteiger partial charge in [0.05, 0.1) is 6.42 Å². The fraction of sp³-hybridized carbons (Fsp3) is 0.167. The minimum absolute atomic E-state index is 0.162. The third-order valence-electron chi connectivity index (χ3n) is 2.81. The van der Waals surface area contributed by atoms with Crippen molar-refractivity contribution >= 4 is 5.97 Å². The standard InChI is InChI=1S/C18H17FO4/c1-2-5-18(20)22-13-12-21-14-8-10-15(11-9-14)23-17-7-4-3-6-16(17)19/h2-4,6-11H,1,5,12-13H2. The molecule has 0 fully saturated rings. The lowest BCUT2D eigenvalue weighted by Gasteiger charge is -2.09. The van der Waals surface area contributed by atoms with Crippen LogP contribution in [0, 0.1) is 5.82 Å². The summed E-state index contributed by atoms with van der Waals surface area (Å²) < 4.78 is 29.3. The first kappa shape index (κ1) is 16.5. The predicted octanol–water partition coefficient (Wildman–Crippen LogP) is 4.12. The van der Waals surface area contributed by atoms with E-state index in [0.717, 1.165) is 0 Å². The SMILES string of the molecule is C=CCC(=O)OCCOc1ccc(Oc2ccccc2F)cc1. The second-order valence-electron chi connectivity index (χ2n) is 4.57. The first-order valence-electron chi connectivity index (χ1n) is 7.11. The topological polar surface area (TPSA) is 44.8 Å². The van der Waals surface area contributed by atoms with Gasteiger partial charge in [-0.1, -0.05) is 18.2 Å². The van der Waals surface area contributed by atoms with E-state index >= 15 is 0 Å². The van der Waals surface area contributed by atoms with E-state index in [2.05, 4.69) is 6.58 Å². The minimum Gasteiger partial charge on any atom is -0.490 e. The van der Waals surface area contributed by atoms with Crippen LogP contribution in [0.4, 0.5) is 4.39 Å². The number of carbonyl (C=O) groups excluding carboxylic acids is 1. The Balaban J connectivity index is 1.79. The highest BCUT2D eigenvalue weighted by Crippen LogP contribution is 2.25. The van der Waals surface area contributed by atoms with Gasteiger partial charge in [-0.2, -0.15) is 0 Å². The Morgan fingerprint density at radius 1 is 1.04 bits per heavy atom. The zero-order valence-electron chi connectivity index (χ0n) is 12.5. The summed E-state index contributed by atoms with van der Waals surface area (Å²) in [4.78, 5) is 11.1. The number of rotatable bonds is 8. The molecular formula is C18H17FO4. The highest BCUT2D eigenvalue weighted by atomic mass is 19.1. The second-order valence-corrected chi connectivity index (χ2v) is 4.57. The Kier molecular flexibility index (Phi) is 6.17. The molecule has 0 N–H and O–H groups in total. The molecule has 5 heteroatoms. The minimum atomic E-state index is -0.422. The van der Waals surface area contributed by atoms with Crippen LogP contribution in [0.3, 0.4) is 0 Å². The van der Waals surface area contributed by atoms with Crippen molar-refractivity contribution in [2.24, 2.45) is 0 Å². The molecule has 0 saturated carbocycles. The smallest absolute Gasteiger partial charge is 0.309 e. The van der Waals surface area contributed by atoms with Gasteiger partial charge in [0.15, 0.2) is 11.6 Å². The third-order valence-corrected chi connectivity index (χ3v) is 2.81. The zero-order valence-corrected chi connectivity index (χ0v) is 12.5. The molecule has 0 saturated heterocycles. The maximum Gasteiger partial charge on any atom is 0.309 e. The van der Waals surface area contributed by atoms with Crippen LogP contribution >= 0.6 is 0 Å². The van der Waals surface area contributed by atoms with Crippen molar-refractivity contribution in [3.8, 4) is 17.2 Å². The Morgan fingerprint density at radius 2 is 1.74 bits per heavy atom. The van der Waals surface area contributed by atoms with Gasteiger partial charge >= 0.3 is 5.97 Å². The summed E-state index contributed by atoms with van der Waals surface area (Å²) in [5, 5.41) is 0. The molecule has 2 aromatic rings.